The van der Waals surface area contributed by atoms with E-state index in [9.17, 15) is 9.59 Å². The van der Waals surface area contributed by atoms with Gasteiger partial charge in [-0.15, -0.1) is 0 Å². The molecule has 0 bridgehead atoms. The molecule has 0 N–H and O–H groups in total. The van der Waals surface area contributed by atoms with Crippen molar-refractivity contribution in [3.05, 3.63) is 95.6 Å². The zero-order valence-electron chi connectivity index (χ0n) is 23.0. The second kappa shape index (κ2) is 12.7. The minimum absolute atomic E-state index is 0.0580. The number of benzene rings is 2. The molecule has 1 atom stereocenters. The van der Waals surface area contributed by atoms with Crippen LogP contribution in [0, 0.1) is 0 Å². The maximum Gasteiger partial charge on any atom is 0.338 e. The topological polar surface area (TPSA) is 88.3 Å². The Hall–Kier alpha value is -3.63. The number of fused-ring (bicyclic) bond motifs is 1. The number of carbonyl (C=O) groups is 1. The van der Waals surface area contributed by atoms with Crippen LogP contribution in [0.3, 0.4) is 0 Å². The van der Waals surface area contributed by atoms with Crippen molar-refractivity contribution in [3.63, 3.8) is 0 Å². The standard InChI is InChI=1S/C30H31BrN2O6S/c1-7-13-38-22-11-9-19(14-21(22)31)15-25-28(34)33-27(20-10-12-23(39-17(3)4)24(16-20)36-6)26(29(35)37-8-2)18(5)32-30(33)40-25/h7,9-12,14-17,27H,1,8,13H2,2-6H3/b25-15-/t27-/m0/s1. The number of thiazole rings is 1. The van der Waals surface area contributed by atoms with Crippen molar-refractivity contribution in [3.8, 4) is 17.2 Å². The molecule has 0 amide bonds. The van der Waals surface area contributed by atoms with Gasteiger partial charge in [0, 0.05) is 0 Å². The minimum Gasteiger partial charge on any atom is -0.493 e. The molecule has 1 aliphatic rings. The predicted molar refractivity (Wildman–Crippen MR) is 159 cm³/mol. The lowest BCUT2D eigenvalue weighted by atomic mass is 9.95. The number of hydrogen-bond acceptors (Lipinski definition) is 8. The Balaban J connectivity index is 1.88. The summed E-state index contributed by atoms with van der Waals surface area (Å²) in [5.74, 6) is 1.21. The molecule has 0 fully saturated rings. The van der Waals surface area contributed by atoms with Crippen LogP contribution in [0.5, 0.6) is 17.2 Å². The van der Waals surface area contributed by atoms with Crippen molar-refractivity contribution >= 4 is 39.3 Å². The van der Waals surface area contributed by atoms with Gasteiger partial charge in [0.05, 0.1) is 46.1 Å². The summed E-state index contributed by atoms with van der Waals surface area (Å²) in [4.78, 5) is 32.2. The predicted octanol–water partition coefficient (Wildman–Crippen LogP) is 4.92. The molecule has 8 nitrogen and oxygen atoms in total. The van der Waals surface area contributed by atoms with E-state index in [1.54, 1.807) is 49.8 Å². The first-order valence-corrected chi connectivity index (χ1v) is 14.4. The molecule has 4 rings (SSSR count). The molecule has 1 aliphatic heterocycles. The molecule has 0 spiro atoms. The Morgan fingerprint density at radius 3 is 2.60 bits per heavy atom. The zero-order chi connectivity index (χ0) is 29.0. The molecule has 0 unspecified atom stereocenters. The fourth-order valence-corrected chi connectivity index (χ4v) is 5.89. The molecule has 40 heavy (non-hydrogen) atoms. The third kappa shape index (κ3) is 6.08. The molecule has 210 valence electrons. The first-order chi connectivity index (χ1) is 19.2. The summed E-state index contributed by atoms with van der Waals surface area (Å²) in [6.45, 7) is 11.6. The summed E-state index contributed by atoms with van der Waals surface area (Å²) >= 11 is 4.79. The van der Waals surface area contributed by atoms with Gasteiger partial charge < -0.3 is 18.9 Å². The van der Waals surface area contributed by atoms with Crippen LogP contribution in [-0.4, -0.2) is 37.0 Å². The number of aromatic nitrogens is 1. The highest BCUT2D eigenvalue weighted by Crippen LogP contribution is 2.36. The van der Waals surface area contributed by atoms with Gasteiger partial charge in [-0.1, -0.05) is 36.1 Å². The Bertz CT molecular complexity index is 1650. The van der Waals surface area contributed by atoms with E-state index >= 15 is 0 Å². The van der Waals surface area contributed by atoms with E-state index in [0.717, 1.165) is 10.0 Å². The summed E-state index contributed by atoms with van der Waals surface area (Å²) < 4.78 is 25.3. The number of allylic oxidation sites excluding steroid dienone is 1. The van der Waals surface area contributed by atoms with Gasteiger partial charge in [0.2, 0.25) is 0 Å². The Kier molecular flexibility index (Phi) is 9.32. The van der Waals surface area contributed by atoms with Gasteiger partial charge in [-0.25, -0.2) is 9.79 Å². The van der Waals surface area contributed by atoms with Gasteiger partial charge in [0.1, 0.15) is 12.4 Å². The van der Waals surface area contributed by atoms with Crippen LogP contribution < -0.4 is 29.1 Å². The molecule has 0 aliphatic carbocycles. The number of rotatable bonds is 10. The van der Waals surface area contributed by atoms with Gasteiger partial charge in [-0.2, -0.15) is 0 Å². The highest BCUT2D eigenvalue weighted by atomic mass is 79.9. The zero-order valence-corrected chi connectivity index (χ0v) is 25.4. The number of ether oxygens (including phenoxy) is 4. The summed E-state index contributed by atoms with van der Waals surface area (Å²) in [7, 11) is 1.55. The van der Waals surface area contributed by atoms with Gasteiger partial charge in [-0.3, -0.25) is 9.36 Å². The van der Waals surface area contributed by atoms with Crippen LogP contribution in [0.1, 0.15) is 44.9 Å². The van der Waals surface area contributed by atoms with E-state index in [-0.39, 0.29) is 18.3 Å². The van der Waals surface area contributed by atoms with Crippen molar-refractivity contribution in [2.24, 2.45) is 4.99 Å². The van der Waals surface area contributed by atoms with Crippen LogP contribution in [0.15, 0.2) is 74.6 Å². The van der Waals surface area contributed by atoms with Gasteiger partial charge in [-0.05, 0) is 85.1 Å². The molecular weight excluding hydrogens is 596 g/mol. The Labute approximate surface area is 245 Å². The molecule has 2 aromatic carbocycles. The fourth-order valence-electron chi connectivity index (χ4n) is 4.34. The maximum atomic E-state index is 13.9. The van der Waals surface area contributed by atoms with Crippen LogP contribution in [-0.2, 0) is 9.53 Å². The number of carbonyl (C=O) groups excluding carboxylic acids is 1. The third-order valence-corrected chi connectivity index (χ3v) is 7.60. The molecule has 0 saturated carbocycles. The highest BCUT2D eigenvalue weighted by molar-refractivity contribution is 9.10. The molecule has 0 saturated heterocycles. The average molecular weight is 628 g/mol. The first kappa shape index (κ1) is 29.4. The summed E-state index contributed by atoms with van der Waals surface area (Å²) in [5.41, 5.74) is 1.99. The van der Waals surface area contributed by atoms with Crippen molar-refractivity contribution < 1.29 is 23.7 Å². The summed E-state index contributed by atoms with van der Waals surface area (Å²) in [5, 5.41) is 0. The normalized spacial score (nSPS) is 15.0. The average Bonchev–Trinajstić information content (AvgIpc) is 3.21. The van der Waals surface area contributed by atoms with Crippen LogP contribution in [0.25, 0.3) is 6.08 Å². The molecule has 0 radical (unpaired) electrons. The number of hydrogen-bond donors (Lipinski definition) is 0. The lowest BCUT2D eigenvalue weighted by Gasteiger charge is -2.25. The van der Waals surface area contributed by atoms with E-state index in [1.807, 2.05) is 38.1 Å². The SMILES string of the molecule is C=CCOc1ccc(/C=c2\sc3n(c2=O)[C@@H](c2ccc(OC(C)C)c(OC)c2)C(C(=O)OCC)=C(C)N=3)cc1Br. The number of nitrogens with zero attached hydrogens (tertiary/aromatic N) is 2. The van der Waals surface area contributed by atoms with Gasteiger partial charge >= 0.3 is 5.97 Å². The van der Waals surface area contributed by atoms with Crippen molar-refractivity contribution in [2.75, 3.05) is 20.3 Å². The number of esters is 1. The number of methoxy groups -OCH3 is 1. The van der Waals surface area contributed by atoms with Crippen LogP contribution >= 0.6 is 27.3 Å². The van der Waals surface area contributed by atoms with E-state index in [1.165, 1.54) is 11.3 Å². The van der Waals surface area contributed by atoms with Crippen molar-refractivity contribution in [1.82, 2.24) is 4.57 Å². The molecular formula is C30H31BrN2O6S. The van der Waals surface area contributed by atoms with Crippen LogP contribution in [0.2, 0.25) is 0 Å². The van der Waals surface area contributed by atoms with E-state index in [4.69, 9.17) is 18.9 Å². The maximum absolute atomic E-state index is 13.9. The Morgan fingerprint density at radius 2 is 1.95 bits per heavy atom. The fraction of sp³-hybridized carbons (Fsp3) is 0.300. The van der Waals surface area contributed by atoms with Crippen LogP contribution in [0.4, 0.5) is 0 Å². The van der Waals surface area contributed by atoms with Gasteiger partial charge in [0.15, 0.2) is 16.3 Å². The van der Waals surface area contributed by atoms with E-state index in [2.05, 4.69) is 27.5 Å². The molecule has 3 aromatic rings. The summed E-state index contributed by atoms with van der Waals surface area (Å²) in [6, 6.07) is 10.2. The largest absolute Gasteiger partial charge is 0.493 e. The smallest absolute Gasteiger partial charge is 0.338 e. The molecule has 1 aromatic heterocycles. The lowest BCUT2D eigenvalue weighted by Crippen LogP contribution is -2.40. The Morgan fingerprint density at radius 1 is 1.20 bits per heavy atom. The lowest BCUT2D eigenvalue weighted by molar-refractivity contribution is -0.139. The highest BCUT2D eigenvalue weighted by Gasteiger charge is 2.34. The van der Waals surface area contributed by atoms with Crippen molar-refractivity contribution in [2.45, 2.75) is 39.8 Å². The van der Waals surface area contributed by atoms with Gasteiger partial charge in [0.25, 0.3) is 5.56 Å². The molecule has 10 heteroatoms. The van der Waals surface area contributed by atoms with E-state index in [0.29, 0.717) is 50.0 Å². The second-order valence-electron chi connectivity index (χ2n) is 9.17. The van der Waals surface area contributed by atoms with Crippen molar-refractivity contribution in [1.29, 1.82) is 0 Å². The molecule has 2 heterocycles. The number of halogens is 1. The quantitative estimate of drug-likeness (QED) is 0.234. The summed E-state index contributed by atoms with van der Waals surface area (Å²) in [6.07, 6.45) is 3.41. The van der Waals surface area contributed by atoms with E-state index < -0.39 is 12.0 Å². The minimum atomic E-state index is -0.763. The third-order valence-electron chi connectivity index (χ3n) is 5.99. The monoisotopic (exact) mass is 626 g/mol. The first-order valence-electron chi connectivity index (χ1n) is 12.8. The second-order valence-corrected chi connectivity index (χ2v) is 11.0.